The highest BCUT2D eigenvalue weighted by molar-refractivity contribution is 9.10. The van der Waals surface area contributed by atoms with Gasteiger partial charge in [0.2, 0.25) is 0 Å². The van der Waals surface area contributed by atoms with Gasteiger partial charge >= 0.3 is 0 Å². The number of rotatable bonds is 2. The molecule has 1 aromatic heterocycles. The molecule has 0 aliphatic carbocycles. The first-order chi connectivity index (χ1) is 7.66. The summed E-state index contributed by atoms with van der Waals surface area (Å²) in [4.78, 5) is 11.6. The number of hydrogen-bond acceptors (Lipinski definition) is 2. The number of H-pyrrole nitrogens is 1. The van der Waals surface area contributed by atoms with Crippen molar-refractivity contribution in [3.8, 4) is 0 Å². The van der Waals surface area contributed by atoms with Crippen LogP contribution in [0.3, 0.4) is 0 Å². The van der Waals surface area contributed by atoms with E-state index >= 15 is 0 Å². The third kappa shape index (κ3) is 2.27. The summed E-state index contributed by atoms with van der Waals surface area (Å²) in [6, 6.07) is 4.25. The Labute approximate surface area is 99.0 Å². The van der Waals surface area contributed by atoms with Crippen LogP contribution in [0.4, 0.5) is 10.1 Å². The van der Waals surface area contributed by atoms with Gasteiger partial charge in [-0.1, -0.05) is 0 Å². The van der Waals surface area contributed by atoms with Crippen molar-refractivity contribution in [1.82, 2.24) is 10.2 Å². The highest BCUT2D eigenvalue weighted by atomic mass is 79.9. The number of nitrogens with one attached hydrogen (secondary N) is 2. The smallest absolute Gasteiger partial charge is 0.258 e. The molecule has 0 radical (unpaired) electrons. The average molecular weight is 284 g/mol. The van der Waals surface area contributed by atoms with Gasteiger partial charge in [0.1, 0.15) is 5.82 Å². The van der Waals surface area contributed by atoms with Crippen LogP contribution in [0.1, 0.15) is 10.4 Å². The zero-order valence-corrected chi connectivity index (χ0v) is 9.58. The van der Waals surface area contributed by atoms with Crippen molar-refractivity contribution in [2.75, 3.05) is 5.32 Å². The number of amides is 1. The van der Waals surface area contributed by atoms with Gasteiger partial charge in [0.25, 0.3) is 5.91 Å². The van der Waals surface area contributed by atoms with E-state index in [0.717, 1.165) is 0 Å². The number of aromatic nitrogens is 2. The molecule has 2 rings (SSSR count). The minimum absolute atomic E-state index is 0.299. The van der Waals surface area contributed by atoms with Gasteiger partial charge < -0.3 is 5.32 Å². The standard InChI is InChI=1S/C10H7BrFN3O/c11-8-3-7(1-2-9(8)12)15-10(16)6-4-13-14-5-6/h1-5H,(H,13,14)(H,15,16). The number of aromatic amines is 1. The molecular weight excluding hydrogens is 277 g/mol. The lowest BCUT2D eigenvalue weighted by Crippen LogP contribution is -2.10. The summed E-state index contributed by atoms with van der Waals surface area (Å²) >= 11 is 3.04. The third-order valence-electron chi connectivity index (χ3n) is 1.94. The molecule has 2 aromatic rings. The topological polar surface area (TPSA) is 57.8 Å². The molecule has 0 saturated carbocycles. The van der Waals surface area contributed by atoms with Crippen molar-refractivity contribution in [3.05, 3.63) is 46.4 Å². The molecular formula is C10H7BrFN3O. The van der Waals surface area contributed by atoms with Gasteiger partial charge in [-0.05, 0) is 34.1 Å². The largest absolute Gasteiger partial charge is 0.322 e. The molecule has 0 aliphatic rings. The van der Waals surface area contributed by atoms with Crippen molar-refractivity contribution in [2.45, 2.75) is 0 Å². The van der Waals surface area contributed by atoms with Crippen LogP contribution in [0.15, 0.2) is 35.1 Å². The second-order valence-electron chi connectivity index (χ2n) is 3.07. The highest BCUT2D eigenvalue weighted by Gasteiger charge is 2.08. The predicted octanol–water partition coefficient (Wildman–Crippen LogP) is 2.56. The molecule has 4 nitrogen and oxygen atoms in total. The lowest BCUT2D eigenvalue weighted by atomic mass is 10.3. The Kier molecular flexibility index (Phi) is 3.00. The van der Waals surface area contributed by atoms with E-state index in [9.17, 15) is 9.18 Å². The van der Waals surface area contributed by atoms with E-state index in [0.29, 0.717) is 15.7 Å². The maximum absolute atomic E-state index is 12.9. The Morgan fingerprint density at radius 1 is 1.50 bits per heavy atom. The molecule has 0 aliphatic heterocycles. The maximum atomic E-state index is 12.9. The van der Waals surface area contributed by atoms with Crippen LogP contribution in [0, 0.1) is 5.82 Å². The first kappa shape index (κ1) is 10.8. The highest BCUT2D eigenvalue weighted by Crippen LogP contribution is 2.20. The third-order valence-corrected chi connectivity index (χ3v) is 2.55. The Morgan fingerprint density at radius 2 is 2.31 bits per heavy atom. The van der Waals surface area contributed by atoms with Crippen LogP contribution in [0.2, 0.25) is 0 Å². The van der Waals surface area contributed by atoms with Crippen LogP contribution in [-0.2, 0) is 0 Å². The zero-order valence-electron chi connectivity index (χ0n) is 8.00. The summed E-state index contributed by atoms with van der Waals surface area (Å²) in [6.07, 6.45) is 2.89. The van der Waals surface area contributed by atoms with E-state index in [2.05, 4.69) is 31.4 Å². The summed E-state index contributed by atoms with van der Waals surface area (Å²) in [7, 11) is 0. The molecule has 82 valence electrons. The zero-order chi connectivity index (χ0) is 11.5. The monoisotopic (exact) mass is 283 g/mol. The van der Waals surface area contributed by atoms with Crippen LogP contribution in [0.25, 0.3) is 0 Å². The van der Waals surface area contributed by atoms with E-state index in [1.54, 1.807) is 0 Å². The summed E-state index contributed by atoms with van der Waals surface area (Å²) in [5.41, 5.74) is 0.930. The number of anilines is 1. The Bertz CT molecular complexity index is 513. The van der Waals surface area contributed by atoms with Gasteiger partial charge in [-0.3, -0.25) is 9.89 Å². The number of halogens is 2. The lowest BCUT2D eigenvalue weighted by molar-refractivity contribution is 0.102. The number of nitrogens with zero attached hydrogens (tertiary/aromatic N) is 1. The van der Waals surface area contributed by atoms with Crippen molar-refractivity contribution in [1.29, 1.82) is 0 Å². The molecule has 6 heteroatoms. The number of hydrogen-bond donors (Lipinski definition) is 2. The fourth-order valence-electron chi connectivity index (χ4n) is 1.15. The van der Waals surface area contributed by atoms with Crippen LogP contribution in [-0.4, -0.2) is 16.1 Å². The molecule has 16 heavy (non-hydrogen) atoms. The Balaban J connectivity index is 2.15. The minimum atomic E-state index is -0.374. The summed E-state index contributed by atoms with van der Waals surface area (Å²) in [6.45, 7) is 0. The van der Waals surface area contributed by atoms with Crippen molar-refractivity contribution in [2.24, 2.45) is 0 Å². The van der Waals surface area contributed by atoms with Gasteiger partial charge in [-0.2, -0.15) is 5.10 Å². The molecule has 1 aromatic carbocycles. The number of carbonyl (C=O) groups excluding carboxylic acids is 1. The van der Waals surface area contributed by atoms with Crippen molar-refractivity contribution >= 4 is 27.5 Å². The number of carbonyl (C=O) groups is 1. The molecule has 1 heterocycles. The van der Waals surface area contributed by atoms with E-state index in [-0.39, 0.29) is 11.7 Å². The predicted molar refractivity (Wildman–Crippen MR) is 60.6 cm³/mol. The molecule has 1 amide bonds. The average Bonchev–Trinajstić information content (AvgIpc) is 2.77. The number of benzene rings is 1. The van der Waals surface area contributed by atoms with Crippen molar-refractivity contribution < 1.29 is 9.18 Å². The first-order valence-corrected chi connectivity index (χ1v) is 5.21. The Hall–Kier alpha value is -1.69. The molecule has 0 atom stereocenters. The SMILES string of the molecule is O=C(Nc1ccc(F)c(Br)c1)c1cn[nH]c1. The summed E-state index contributed by atoms with van der Waals surface area (Å²) in [5, 5.41) is 8.82. The molecule has 0 fully saturated rings. The Morgan fingerprint density at radius 3 is 2.94 bits per heavy atom. The van der Waals surface area contributed by atoms with E-state index < -0.39 is 0 Å². The summed E-state index contributed by atoms with van der Waals surface area (Å²) < 4.78 is 13.2. The second-order valence-corrected chi connectivity index (χ2v) is 3.92. The van der Waals surface area contributed by atoms with Gasteiger partial charge in [-0.25, -0.2) is 4.39 Å². The lowest BCUT2D eigenvalue weighted by Gasteiger charge is -2.04. The van der Waals surface area contributed by atoms with Gasteiger partial charge in [-0.15, -0.1) is 0 Å². The molecule has 0 unspecified atom stereocenters. The second kappa shape index (κ2) is 4.44. The van der Waals surface area contributed by atoms with Crippen molar-refractivity contribution in [3.63, 3.8) is 0 Å². The van der Waals surface area contributed by atoms with E-state index in [1.165, 1.54) is 30.6 Å². The quantitative estimate of drug-likeness (QED) is 0.890. The molecule has 0 spiro atoms. The van der Waals surface area contributed by atoms with Gasteiger partial charge in [0, 0.05) is 11.9 Å². The normalized spacial score (nSPS) is 10.1. The first-order valence-electron chi connectivity index (χ1n) is 4.42. The fourth-order valence-corrected chi connectivity index (χ4v) is 1.53. The van der Waals surface area contributed by atoms with E-state index in [4.69, 9.17) is 0 Å². The van der Waals surface area contributed by atoms with Crippen LogP contribution >= 0.6 is 15.9 Å². The molecule has 2 N–H and O–H groups in total. The minimum Gasteiger partial charge on any atom is -0.322 e. The van der Waals surface area contributed by atoms with E-state index in [1.807, 2.05) is 0 Å². The summed E-state index contributed by atoms with van der Waals surface area (Å²) in [5.74, 6) is -0.673. The van der Waals surface area contributed by atoms with Gasteiger partial charge in [0.05, 0.1) is 16.2 Å². The van der Waals surface area contributed by atoms with Crippen LogP contribution < -0.4 is 5.32 Å². The maximum Gasteiger partial charge on any atom is 0.258 e. The molecule has 0 bridgehead atoms. The van der Waals surface area contributed by atoms with Crippen LogP contribution in [0.5, 0.6) is 0 Å². The molecule has 0 saturated heterocycles. The van der Waals surface area contributed by atoms with Gasteiger partial charge in [0.15, 0.2) is 0 Å². The fraction of sp³-hybridized carbons (Fsp3) is 0.